The van der Waals surface area contributed by atoms with Gasteiger partial charge in [0.2, 0.25) is 5.91 Å². The van der Waals surface area contributed by atoms with E-state index in [1.165, 1.54) is 20.8 Å². The number of fused-ring (bicyclic) bond motifs is 1. The van der Waals surface area contributed by atoms with Crippen LogP contribution >= 0.6 is 12.4 Å². The van der Waals surface area contributed by atoms with Gasteiger partial charge < -0.3 is 15.3 Å². The molecule has 0 aromatic rings. The number of carboxylic acids is 1. The predicted molar refractivity (Wildman–Crippen MR) is 88.6 cm³/mol. The van der Waals surface area contributed by atoms with E-state index in [-0.39, 0.29) is 36.2 Å². The number of aliphatic carboxylic acids is 1. The highest BCUT2D eigenvalue weighted by Crippen LogP contribution is 2.65. The van der Waals surface area contributed by atoms with Crippen molar-refractivity contribution >= 4 is 30.2 Å². The van der Waals surface area contributed by atoms with Gasteiger partial charge in [0.05, 0.1) is 0 Å². The maximum absolute atomic E-state index is 12.8. The summed E-state index contributed by atoms with van der Waals surface area (Å²) < 4.78 is 37.7. The molecule has 1 aliphatic heterocycles. The van der Waals surface area contributed by atoms with Crippen molar-refractivity contribution in [1.82, 2.24) is 10.2 Å². The maximum Gasteiger partial charge on any atom is 0.471 e. The lowest BCUT2D eigenvalue weighted by Crippen LogP contribution is -2.59. The van der Waals surface area contributed by atoms with Crippen molar-refractivity contribution in [2.24, 2.45) is 22.7 Å². The molecule has 1 saturated carbocycles. The molecular weight excluding hydrogens is 377 g/mol. The summed E-state index contributed by atoms with van der Waals surface area (Å²) in [4.78, 5) is 36.9. The largest absolute Gasteiger partial charge is 0.480 e. The first-order chi connectivity index (χ1) is 11.1. The van der Waals surface area contributed by atoms with Gasteiger partial charge in [-0.1, -0.05) is 34.6 Å². The summed E-state index contributed by atoms with van der Waals surface area (Å²) in [7, 11) is 0. The van der Waals surface area contributed by atoms with Crippen LogP contribution in [0.1, 0.15) is 34.6 Å². The van der Waals surface area contributed by atoms with Crippen LogP contribution in [-0.4, -0.2) is 52.6 Å². The Balaban J connectivity index is 0.00000338. The highest BCUT2D eigenvalue weighted by Gasteiger charge is 2.70. The lowest BCUT2D eigenvalue weighted by atomic mass is 9.85. The van der Waals surface area contributed by atoms with Crippen LogP contribution in [0.2, 0.25) is 0 Å². The first kappa shape index (κ1) is 22.5. The Bertz CT molecular complexity index is 616. The minimum atomic E-state index is -5.12. The van der Waals surface area contributed by atoms with Gasteiger partial charge in [0.1, 0.15) is 12.1 Å². The molecule has 2 fully saturated rings. The lowest BCUT2D eigenvalue weighted by molar-refractivity contribution is -0.176. The van der Waals surface area contributed by atoms with E-state index in [0.717, 1.165) is 4.90 Å². The molecule has 0 aromatic heterocycles. The number of carbonyl (C=O) groups is 3. The Kier molecular flexibility index (Phi) is 5.70. The molecule has 2 aliphatic rings. The predicted octanol–water partition coefficient (Wildman–Crippen LogP) is 2.07. The summed E-state index contributed by atoms with van der Waals surface area (Å²) in [5, 5.41) is 11.2. The SMILES string of the molecule is CC(C)(C)[C@H](NC(=O)C(F)(F)F)C(=O)N1C[C@H]2[C@@H]([C@H]1C(=O)O)C2(C)C.Cl. The standard InChI is InChI=1S/C16H23F3N2O4.ClH/c1-14(2,3)10(20-13(25)16(17,18)19)11(22)21-6-7-8(15(7,4)5)9(21)12(23)24;/h7-10H,6H2,1-5H3,(H,20,25)(H,23,24);1H/t7-,8-,9-,10+;/m0./s1. The Morgan fingerprint density at radius 3 is 2.08 bits per heavy atom. The highest BCUT2D eigenvalue weighted by atomic mass is 35.5. The molecule has 4 atom stereocenters. The second kappa shape index (κ2) is 6.58. The second-order valence-corrected chi connectivity index (χ2v) is 8.50. The van der Waals surface area contributed by atoms with E-state index in [0.29, 0.717) is 0 Å². The van der Waals surface area contributed by atoms with Crippen molar-refractivity contribution < 1.29 is 32.7 Å². The van der Waals surface area contributed by atoms with E-state index in [1.54, 1.807) is 5.32 Å². The number of rotatable bonds is 3. The average molecular weight is 401 g/mol. The fourth-order valence-corrected chi connectivity index (χ4v) is 3.82. The minimum Gasteiger partial charge on any atom is -0.480 e. The van der Waals surface area contributed by atoms with Crippen LogP contribution in [0.25, 0.3) is 0 Å². The number of carbonyl (C=O) groups excluding carboxylic acids is 2. The zero-order chi connectivity index (χ0) is 19.5. The lowest BCUT2D eigenvalue weighted by Gasteiger charge is -2.36. The number of piperidine rings is 1. The minimum absolute atomic E-state index is 0. The summed E-state index contributed by atoms with van der Waals surface area (Å²) >= 11 is 0. The average Bonchev–Trinajstić information content (AvgIpc) is 2.82. The van der Waals surface area contributed by atoms with Crippen molar-refractivity contribution in [2.75, 3.05) is 6.54 Å². The zero-order valence-corrected chi connectivity index (χ0v) is 16.0. The molecule has 0 bridgehead atoms. The van der Waals surface area contributed by atoms with Crippen LogP contribution in [0, 0.1) is 22.7 Å². The fraction of sp³-hybridized carbons (Fsp3) is 0.812. The summed E-state index contributed by atoms with van der Waals surface area (Å²) in [6.07, 6.45) is -5.12. The van der Waals surface area contributed by atoms with Gasteiger partial charge in [-0.2, -0.15) is 13.2 Å². The number of nitrogens with zero attached hydrogens (tertiary/aromatic N) is 1. The Morgan fingerprint density at radius 2 is 1.69 bits per heavy atom. The Hall–Kier alpha value is -1.51. The summed E-state index contributed by atoms with van der Waals surface area (Å²) in [5.74, 6) is -4.41. The normalized spacial score (nSPS) is 27.8. The van der Waals surface area contributed by atoms with Crippen LogP contribution in [-0.2, 0) is 14.4 Å². The van der Waals surface area contributed by atoms with E-state index in [4.69, 9.17) is 0 Å². The third kappa shape index (κ3) is 3.77. The van der Waals surface area contributed by atoms with E-state index in [1.807, 2.05) is 13.8 Å². The molecule has 6 nitrogen and oxygen atoms in total. The number of likely N-dealkylation sites (tertiary alicyclic amines) is 1. The third-order valence-electron chi connectivity index (χ3n) is 5.39. The van der Waals surface area contributed by atoms with Crippen molar-refractivity contribution in [2.45, 2.75) is 52.9 Å². The quantitative estimate of drug-likeness (QED) is 0.759. The van der Waals surface area contributed by atoms with Crippen molar-refractivity contribution in [3.05, 3.63) is 0 Å². The molecule has 1 aliphatic carbocycles. The molecule has 2 amide bonds. The van der Waals surface area contributed by atoms with Crippen LogP contribution in [0.3, 0.4) is 0 Å². The van der Waals surface area contributed by atoms with E-state index in [2.05, 4.69) is 0 Å². The number of nitrogens with one attached hydrogen (secondary N) is 1. The molecule has 1 saturated heterocycles. The van der Waals surface area contributed by atoms with Gasteiger partial charge in [0.25, 0.3) is 0 Å². The van der Waals surface area contributed by atoms with Crippen molar-refractivity contribution in [3.8, 4) is 0 Å². The number of halogens is 4. The van der Waals surface area contributed by atoms with Gasteiger partial charge in [-0.3, -0.25) is 9.59 Å². The molecule has 0 unspecified atom stereocenters. The van der Waals surface area contributed by atoms with E-state index in [9.17, 15) is 32.7 Å². The number of amides is 2. The summed E-state index contributed by atoms with van der Waals surface area (Å²) in [6, 6.07) is -2.55. The first-order valence-electron chi connectivity index (χ1n) is 8.01. The molecule has 26 heavy (non-hydrogen) atoms. The van der Waals surface area contributed by atoms with Crippen LogP contribution in [0.5, 0.6) is 0 Å². The smallest absolute Gasteiger partial charge is 0.471 e. The van der Waals surface area contributed by atoms with Crippen LogP contribution in [0.4, 0.5) is 13.2 Å². The van der Waals surface area contributed by atoms with Crippen molar-refractivity contribution in [3.63, 3.8) is 0 Å². The molecule has 0 radical (unpaired) electrons. The summed E-state index contributed by atoms with van der Waals surface area (Å²) in [6.45, 7) is 8.54. The summed E-state index contributed by atoms with van der Waals surface area (Å²) in [5.41, 5.74) is -1.23. The van der Waals surface area contributed by atoms with Gasteiger partial charge in [0, 0.05) is 12.5 Å². The first-order valence-corrected chi connectivity index (χ1v) is 8.01. The monoisotopic (exact) mass is 400 g/mol. The molecule has 1 heterocycles. The van der Waals surface area contributed by atoms with Crippen molar-refractivity contribution in [1.29, 1.82) is 0 Å². The van der Waals surface area contributed by atoms with Gasteiger partial charge in [-0.25, -0.2) is 4.79 Å². The topological polar surface area (TPSA) is 86.7 Å². The number of alkyl halides is 3. The molecule has 0 spiro atoms. The highest BCUT2D eigenvalue weighted by molar-refractivity contribution is 5.93. The van der Waals surface area contributed by atoms with Gasteiger partial charge in [0.15, 0.2) is 0 Å². The Labute approximate surface area is 155 Å². The van der Waals surface area contributed by atoms with E-state index >= 15 is 0 Å². The maximum atomic E-state index is 12.8. The van der Waals surface area contributed by atoms with Gasteiger partial charge in [-0.15, -0.1) is 12.4 Å². The third-order valence-corrected chi connectivity index (χ3v) is 5.39. The second-order valence-electron chi connectivity index (χ2n) is 8.50. The molecule has 2 N–H and O–H groups in total. The molecule has 2 rings (SSSR count). The van der Waals surface area contributed by atoms with E-state index < -0.39 is 41.5 Å². The molecular formula is C16H24ClF3N2O4. The van der Waals surface area contributed by atoms with Gasteiger partial charge >= 0.3 is 18.1 Å². The number of carboxylic acid groups (broad SMARTS) is 1. The number of hydrogen-bond acceptors (Lipinski definition) is 3. The number of hydrogen-bond donors (Lipinski definition) is 2. The van der Waals surface area contributed by atoms with Gasteiger partial charge in [-0.05, 0) is 16.7 Å². The fourth-order valence-electron chi connectivity index (χ4n) is 3.82. The van der Waals surface area contributed by atoms with Crippen LogP contribution in [0.15, 0.2) is 0 Å². The van der Waals surface area contributed by atoms with Crippen LogP contribution < -0.4 is 5.32 Å². The molecule has 10 heteroatoms. The molecule has 150 valence electrons. The molecule has 0 aromatic carbocycles. The zero-order valence-electron chi connectivity index (χ0n) is 15.2. The Morgan fingerprint density at radius 1 is 1.19 bits per heavy atom.